The van der Waals surface area contributed by atoms with Crippen LogP contribution in [0.4, 0.5) is 0 Å². The van der Waals surface area contributed by atoms with Gasteiger partial charge in [-0.25, -0.2) is 4.98 Å². The molecule has 15 heavy (non-hydrogen) atoms. The molecule has 2 unspecified atom stereocenters. The lowest BCUT2D eigenvalue weighted by Gasteiger charge is -2.19. The van der Waals surface area contributed by atoms with Crippen LogP contribution in [0, 0.1) is 6.92 Å². The second kappa shape index (κ2) is 6.39. The SMILES string of the molecule is COCC(N)C(CO)Sc1nc(C)ns1. The van der Waals surface area contributed by atoms with Crippen LogP contribution >= 0.6 is 23.3 Å². The first-order valence-electron chi connectivity index (χ1n) is 4.49. The predicted octanol–water partition coefficient (Wildman–Crippen LogP) is 0.273. The third-order valence-corrected chi connectivity index (χ3v) is 3.99. The normalized spacial score (nSPS) is 15.2. The van der Waals surface area contributed by atoms with Crippen LogP contribution in [0.1, 0.15) is 5.82 Å². The minimum atomic E-state index is -0.200. The fourth-order valence-electron chi connectivity index (χ4n) is 1.02. The van der Waals surface area contributed by atoms with Crippen molar-refractivity contribution in [3.05, 3.63) is 5.82 Å². The van der Waals surface area contributed by atoms with Crippen molar-refractivity contribution in [1.29, 1.82) is 0 Å². The summed E-state index contributed by atoms with van der Waals surface area (Å²) in [6.45, 7) is 2.27. The summed E-state index contributed by atoms with van der Waals surface area (Å²) >= 11 is 2.77. The average molecular weight is 249 g/mol. The van der Waals surface area contributed by atoms with E-state index in [1.807, 2.05) is 6.92 Å². The molecule has 0 fully saturated rings. The third-order valence-electron chi connectivity index (χ3n) is 1.78. The molecule has 1 rings (SSSR count). The van der Waals surface area contributed by atoms with E-state index in [0.29, 0.717) is 6.61 Å². The van der Waals surface area contributed by atoms with Crippen LogP contribution in [0.3, 0.4) is 0 Å². The molecule has 0 aliphatic rings. The predicted molar refractivity (Wildman–Crippen MR) is 61.2 cm³/mol. The van der Waals surface area contributed by atoms with Crippen molar-refractivity contribution in [2.45, 2.75) is 22.6 Å². The zero-order chi connectivity index (χ0) is 11.3. The molecular weight excluding hydrogens is 234 g/mol. The lowest BCUT2D eigenvalue weighted by molar-refractivity contribution is 0.167. The number of nitrogens with two attached hydrogens (primary N) is 1. The molecule has 1 aromatic heterocycles. The first-order chi connectivity index (χ1) is 7.17. The molecule has 7 heteroatoms. The molecule has 0 spiro atoms. The number of aromatic nitrogens is 2. The Morgan fingerprint density at radius 2 is 2.40 bits per heavy atom. The maximum Gasteiger partial charge on any atom is 0.170 e. The average Bonchev–Trinajstić information content (AvgIpc) is 2.61. The lowest BCUT2D eigenvalue weighted by atomic mass is 10.2. The molecule has 3 N–H and O–H groups in total. The molecule has 0 radical (unpaired) electrons. The minimum absolute atomic E-state index is 0.00776. The first-order valence-corrected chi connectivity index (χ1v) is 6.15. The van der Waals surface area contributed by atoms with E-state index in [1.165, 1.54) is 23.3 Å². The largest absolute Gasteiger partial charge is 0.395 e. The quantitative estimate of drug-likeness (QED) is 0.705. The van der Waals surface area contributed by atoms with Crippen molar-refractivity contribution in [3.63, 3.8) is 0 Å². The van der Waals surface area contributed by atoms with Crippen LogP contribution in [0.15, 0.2) is 4.34 Å². The van der Waals surface area contributed by atoms with Gasteiger partial charge in [0.1, 0.15) is 5.82 Å². The molecule has 1 aromatic rings. The van der Waals surface area contributed by atoms with Crippen molar-refractivity contribution < 1.29 is 9.84 Å². The molecule has 2 atom stereocenters. The number of rotatable bonds is 6. The van der Waals surface area contributed by atoms with Crippen LogP contribution in [-0.4, -0.2) is 46.1 Å². The van der Waals surface area contributed by atoms with Crippen molar-refractivity contribution in [1.82, 2.24) is 9.36 Å². The van der Waals surface area contributed by atoms with Crippen LogP contribution in [-0.2, 0) is 4.74 Å². The molecule has 0 saturated carbocycles. The summed E-state index contributed by atoms with van der Waals surface area (Å²) in [5, 5.41) is 9.09. The molecule has 0 aliphatic heterocycles. The van der Waals surface area contributed by atoms with Crippen LogP contribution in [0.2, 0.25) is 0 Å². The smallest absolute Gasteiger partial charge is 0.170 e. The standard InChI is InChI=1S/C8H15N3O2S2/c1-5-10-8(15-11-5)14-7(3-12)6(9)4-13-2/h6-7,12H,3-4,9H2,1-2H3. The monoisotopic (exact) mass is 249 g/mol. The summed E-state index contributed by atoms with van der Waals surface area (Å²) in [7, 11) is 1.59. The van der Waals surface area contributed by atoms with E-state index in [2.05, 4.69) is 9.36 Å². The topological polar surface area (TPSA) is 81.3 Å². The Kier molecular flexibility index (Phi) is 5.48. The van der Waals surface area contributed by atoms with Gasteiger partial charge in [0.25, 0.3) is 0 Å². The molecule has 0 aliphatic carbocycles. The van der Waals surface area contributed by atoms with E-state index >= 15 is 0 Å². The molecule has 5 nitrogen and oxygen atoms in total. The second-order valence-corrected chi connectivity index (χ2v) is 5.30. The van der Waals surface area contributed by atoms with Gasteiger partial charge in [-0.15, -0.1) is 0 Å². The summed E-state index contributed by atoms with van der Waals surface area (Å²) < 4.78 is 9.84. The lowest BCUT2D eigenvalue weighted by Crippen LogP contribution is -2.38. The van der Waals surface area contributed by atoms with Gasteiger partial charge in [0.15, 0.2) is 4.34 Å². The highest BCUT2D eigenvalue weighted by Gasteiger charge is 2.19. The van der Waals surface area contributed by atoms with E-state index in [0.717, 1.165) is 10.2 Å². The van der Waals surface area contributed by atoms with Gasteiger partial charge in [-0.2, -0.15) is 4.37 Å². The highest BCUT2D eigenvalue weighted by molar-refractivity contribution is 8.01. The van der Waals surface area contributed by atoms with Gasteiger partial charge in [0.2, 0.25) is 0 Å². The van der Waals surface area contributed by atoms with Gasteiger partial charge in [-0.3, -0.25) is 0 Å². The van der Waals surface area contributed by atoms with Crippen molar-refractivity contribution in [3.8, 4) is 0 Å². The van der Waals surface area contributed by atoms with Crippen molar-refractivity contribution in [2.75, 3.05) is 20.3 Å². The van der Waals surface area contributed by atoms with Gasteiger partial charge >= 0.3 is 0 Å². The fraction of sp³-hybridized carbons (Fsp3) is 0.750. The maximum absolute atomic E-state index is 9.19. The van der Waals surface area contributed by atoms with E-state index in [4.69, 9.17) is 10.5 Å². The summed E-state index contributed by atoms with van der Waals surface area (Å²) in [5.41, 5.74) is 5.84. The van der Waals surface area contributed by atoms with Gasteiger partial charge < -0.3 is 15.6 Å². The van der Waals surface area contributed by atoms with E-state index in [1.54, 1.807) is 7.11 Å². The minimum Gasteiger partial charge on any atom is -0.395 e. The Labute approximate surface area is 97.2 Å². The summed E-state index contributed by atoms with van der Waals surface area (Å²) in [4.78, 5) is 4.20. The Morgan fingerprint density at radius 3 is 2.87 bits per heavy atom. The summed E-state index contributed by atoms with van der Waals surface area (Å²) in [6, 6.07) is -0.200. The molecule has 0 bridgehead atoms. The van der Waals surface area contributed by atoms with Crippen molar-refractivity contribution in [2.24, 2.45) is 5.73 Å². The Balaban J connectivity index is 2.53. The zero-order valence-electron chi connectivity index (χ0n) is 8.71. The number of nitrogens with zero attached hydrogens (tertiary/aromatic N) is 2. The fourth-order valence-corrected chi connectivity index (χ4v) is 2.87. The van der Waals surface area contributed by atoms with Gasteiger partial charge in [0.05, 0.1) is 18.5 Å². The third kappa shape index (κ3) is 4.04. The van der Waals surface area contributed by atoms with Crippen LogP contribution < -0.4 is 5.73 Å². The molecule has 86 valence electrons. The van der Waals surface area contributed by atoms with Gasteiger partial charge in [-0.05, 0) is 18.5 Å². The number of aliphatic hydroxyl groups excluding tert-OH is 1. The number of thioether (sulfide) groups is 1. The number of aliphatic hydroxyl groups is 1. The maximum atomic E-state index is 9.19. The first kappa shape index (κ1) is 12.9. The summed E-state index contributed by atoms with van der Waals surface area (Å²) in [5.74, 6) is 0.750. The van der Waals surface area contributed by atoms with E-state index < -0.39 is 0 Å². The number of aryl methyl sites for hydroxylation is 1. The number of hydrogen-bond acceptors (Lipinski definition) is 7. The number of ether oxygens (including phenoxy) is 1. The highest BCUT2D eigenvalue weighted by atomic mass is 32.2. The summed E-state index contributed by atoms with van der Waals surface area (Å²) in [6.07, 6.45) is 0. The molecule has 1 heterocycles. The molecule has 0 amide bonds. The Morgan fingerprint density at radius 1 is 1.67 bits per heavy atom. The second-order valence-electron chi connectivity index (χ2n) is 3.07. The molecule has 0 saturated heterocycles. The van der Waals surface area contributed by atoms with Crippen molar-refractivity contribution >= 4 is 23.3 Å². The molecule has 0 aromatic carbocycles. The van der Waals surface area contributed by atoms with E-state index in [-0.39, 0.29) is 17.9 Å². The van der Waals surface area contributed by atoms with E-state index in [9.17, 15) is 5.11 Å². The van der Waals surface area contributed by atoms with Crippen LogP contribution in [0.25, 0.3) is 0 Å². The van der Waals surface area contributed by atoms with Gasteiger partial charge in [-0.1, -0.05) is 11.8 Å². The number of hydrogen-bond donors (Lipinski definition) is 2. The van der Waals surface area contributed by atoms with Gasteiger partial charge in [0, 0.05) is 13.2 Å². The van der Waals surface area contributed by atoms with Crippen LogP contribution in [0.5, 0.6) is 0 Å². The Hall–Kier alpha value is -0.210. The highest BCUT2D eigenvalue weighted by Crippen LogP contribution is 2.26. The Bertz CT molecular complexity index is 295. The molecular formula is C8H15N3O2S2. The zero-order valence-corrected chi connectivity index (χ0v) is 10.3. The number of methoxy groups -OCH3 is 1.